The molecule has 6 nitrogen and oxygen atoms in total. The average molecular weight is 310 g/mol. The van der Waals surface area contributed by atoms with Crippen LogP contribution in [0.3, 0.4) is 0 Å². The number of piperidine rings is 1. The smallest absolute Gasteiger partial charge is 0.223 e. The summed E-state index contributed by atoms with van der Waals surface area (Å²) in [7, 11) is -3.02. The summed E-state index contributed by atoms with van der Waals surface area (Å²) in [6.07, 6.45) is 3.28. The van der Waals surface area contributed by atoms with Crippen molar-refractivity contribution in [2.24, 2.45) is 0 Å². The lowest BCUT2D eigenvalue weighted by Gasteiger charge is -2.31. The number of rotatable bonds is 4. The summed E-state index contributed by atoms with van der Waals surface area (Å²) < 4.78 is 26.0. The van der Waals surface area contributed by atoms with Gasteiger partial charge in [-0.3, -0.25) is 0 Å². The molecule has 0 aromatic carbocycles. The number of aryl methyl sites for hydroxylation is 2. The highest BCUT2D eigenvalue weighted by Crippen LogP contribution is 2.32. The molecular weight excluding hydrogens is 288 g/mol. The van der Waals surface area contributed by atoms with Gasteiger partial charge < -0.3 is 5.32 Å². The van der Waals surface area contributed by atoms with Gasteiger partial charge in [-0.1, -0.05) is 0 Å². The highest BCUT2D eigenvalue weighted by Gasteiger charge is 2.41. The van der Waals surface area contributed by atoms with Crippen molar-refractivity contribution in [3.05, 3.63) is 17.5 Å². The Morgan fingerprint density at radius 2 is 1.67 bits per heavy atom. The van der Waals surface area contributed by atoms with Crippen LogP contribution in [0.1, 0.15) is 37.1 Å². The van der Waals surface area contributed by atoms with Crippen molar-refractivity contribution in [3.8, 4) is 0 Å². The van der Waals surface area contributed by atoms with E-state index in [-0.39, 0.29) is 11.3 Å². The van der Waals surface area contributed by atoms with Crippen LogP contribution in [0.25, 0.3) is 0 Å². The summed E-state index contributed by atoms with van der Waals surface area (Å²) in [5.74, 6) is 0.649. The van der Waals surface area contributed by atoms with E-state index in [0.717, 1.165) is 37.1 Å². The Morgan fingerprint density at radius 1 is 1.10 bits per heavy atom. The Labute approximate surface area is 126 Å². The summed E-state index contributed by atoms with van der Waals surface area (Å²) in [5, 5.41) is 3.23. The summed E-state index contributed by atoms with van der Waals surface area (Å²) in [5.41, 5.74) is 1.89. The van der Waals surface area contributed by atoms with Crippen LogP contribution >= 0.6 is 0 Å². The number of aromatic nitrogens is 2. The van der Waals surface area contributed by atoms with E-state index in [9.17, 15) is 8.42 Å². The lowest BCUT2D eigenvalue weighted by atomic mass is 10.1. The maximum absolute atomic E-state index is 12.2. The third-order valence-corrected chi connectivity index (χ3v) is 6.47. The second kappa shape index (κ2) is 5.53. The van der Waals surface area contributed by atoms with E-state index >= 15 is 0 Å². The maximum atomic E-state index is 12.2. The van der Waals surface area contributed by atoms with Crippen molar-refractivity contribution in [2.45, 2.75) is 50.8 Å². The monoisotopic (exact) mass is 310 g/mol. The Hall–Kier alpha value is -1.21. The third-order valence-electron chi connectivity index (χ3n) is 4.07. The summed E-state index contributed by atoms with van der Waals surface area (Å²) in [4.78, 5) is 8.76. The first-order valence-corrected chi connectivity index (χ1v) is 9.03. The van der Waals surface area contributed by atoms with E-state index in [1.165, 1.54) is 0 Å². The van der Waals surface area contributed by atoms with Crippen LogP contribution in [0.4, 0.5) is 5.95 Å². The zero-order valence-corrected chi connectivity index (χ0v) is 13.4. The van der Waals surface area contributed by atoms with Gasteiger partial charge in [-0.05, 0) is 45.6 Å². The van der Waals surface area contributed by atoms with Crippen molar-refractivity contribution < 1.29 is 8.42 Å². The van der Waals surface area contributed by atoms with E-state index in [4.69, 9.17) is 0 Å². The highest BCUT2D eigenvalue weighted by atomic mass is 32.2. The van der Waals surface area contributed by atoms with E-state index in [1.54, 1.807) is 4.31 Å². The Morgan fingerprint density at radius 3 is 2.19 bits per heavy atom. The van der Waals surface area contributed by atoms with Gasteiger partial charge in [-0.25, -0.2) is 22.7 Å². The molecular formula is C14H22N4O2S. The molecule has 0 atom stereocenters. The first-order chi connectivity index (χ1) is 9.95. The molecule has 0 radical (unpaired) electrons. The van der Waals surface area contributed by atoms with E-state index in [1.807, 2.05) is 19.9 Å². The number of nitrogens with one attached hydrogen (secondary N) is 1. The van der Waals surface area contributed by atoms with Crippen molar-refractivity contribution in [3.63, 3.8) is 0 Å². The van der Waals surface area contributed by atoms with E-state index in [0.29, 0.717) is 19.0 Å². The van der Waals surface area contributed by atoms with Crippen LogP contribution in [0.2, 0.25) is 0 Å². The molecule has 0 bridgehead atoms. The van der Waals surface area contributed by atoms with Crippen molar-refractivity contribution >= 4 is 16.0 Å². The van der Waals surface area contributed by atoms with Crippen LogP contribution in [-0.2, 0) is 10.0 Å². The fourth-order valence-electron chi connectivity index (χ4n) is 2.80. The molecule has 1 aliphatic carbocycles. The predicted octanol–water partition coefficient (Wildman–Crippen LogP) is 1.46. The van der Waals surface area contributed by atoms with Crippen LogP contribution in [0, 0.1) is 13.8 Å². The van der Waals surface area contributed by atoms with E-state index < -0.39 is 10.0 Å². The van der Waals surface area contributed by atoms with Gasteiger partial charge in [0.15, 0.2) is 0 Å². The van der Waals surface area contributed by atoms with Crippen LogP contribution in [0.15, 0.2) is 6.07 Å². The predicted molar refractivity (Wildman–Crippen MR) is 81.7 cm³/mol. The Balaban J connectivity index is 1.58. The molecule has 1 saturated heterocycles. The van der Waals surface area contributed by atoms with E-state index in [2.05, 4.69) is 15.3 Å². The van der Waals surface area contributed by atoms with Crippen molar-refractivity contribution in [2.75, 3.05) is 18.4 Å². The summed E-state index contributed by atoms with van der Waals surface area (Å²) in [6.45, 7) is 5.10. The SMILES string of the molecule is Cc1cc(C)nc(NC2CCN(S(=O)(=O)C3CC3)CC2)n1. The maximum Gasteiger partial charge on any atom is 0.223 e. The minimum atomic E-state index is -3.02. The molecule has 1 saturated carbocycles. The minimum absolute atomic E-state index is 0.107. The Kier molecular flexibility index (Phi) is 3.88. The van der Waals surface area contributed by atoms with Gasteiger partial charge in [-0.2, -0.15) is 0 Å². The van der Waals surface area contributed by atoms with Crippen molar-refractivity contribution in [1.29, 1.82) is 0 Å². The number of nitrogens with zero attached hydrogens (tertiary/aromatic N) is 3. The van der Waals surface area contributed by atoms with Gasteiger partial charge >= 0.3 is 0 Å². The molecule has 116 valence electrons. The fraction of sp³-hybridized carbons (Fsp3) is 0.714. The standard InChI is InChI=1S/C14H22N4O2S/c1-10-9-11(2)16-14(15-10)17-12-5-7-18(8-6-12)21(19,20)13-3-4-13/h9,12-13H,3-8H2,1-2H3,(H,15,16,17). The number of sulfonamides is 1. The summed E-state index contributed by atoms with van der Waals surface area (Å²) >= 11 is 0. The zero-order chi connectivity index (χ0) is 15.0. The molecule has 2 aliphatic rings. The Bertz CT molecular complexity index is 600. The van der Waals surface area contributed by atoms with Crippen molar-refractivity contribution in [1.82, 2.24) is 14.3 Å². The second-order valence-corrected chi connectivity index (χ2v) is 8.25. The quantitative estimate of drug-likeness (QED) is 0.911. The number of hydrogen-bond donors (Lipinski definition) is 1. The second-order valence-electron chi connectivity index (χ2n) is 6.04. The van der Waals surface area contributed by atoms with Gasteiger partial charge in [0.25, 0.3) is 0 Å². The molecule has 1 aromatic heterocycles. The van der Waals surface area contributed by atoms with Gasteiger partial charge in [-0.15, -0.1) is 0 Å². The normalized spacial score (nSPS) is 21.4. The highest BCUT2D eigenvalue weighted by molar-refractivity contribution is 7.90. The molecule has 2 heterocycles. The minimum Gasteiger partial charge on any atom is -0.351 e. The summed E-state index contributed by atoms with van der Waals surface area (Å²) in [6, 6.07) is 2.19. The average Bonchev–Trinajstić information content (AvgIpc) is 3.22. The lowest BCUT2D eigenvalue weighted by molar-refractivity contribution is 0.328. The zero-order valence-electron chi connectivity index (χ0n) is 12.5. The number of anilines is 1. The van der Waals surface area contributed by atoms with Gasteiger partial charge in [0.2, 0.25) is 16.0 Å². The first kappa shape index (κ1) is 14.7. The number of hydrogen-bond acceptors (Lipinski definition) is 5. The van der Waals surface area contributed by atoms with Gasteiger partial charge in [0, 0.05) is 30.5 Å². The van der Waals surface area contributed by atoms with Crippen LogP contribution in [-0.4, -0.2) is 47.1 Å². The van der Waals surface area contributed by atoms with Gasteiger partial charge in [0.1, 0.15) is 0 Å². The molecule has 7 heteroatoms. The molecule has 0 spiro atoms. The lowest BCUT2D eigenvalue weighted by Crippen LogP contribution is -2.43. The topological polar surface area (TPSA) is 75.2 Å². The van der Waals surface area contributed by atoms with Crippen LogP contribution in [0.5, 0.6) is 0 Å². The third kappa shape index (κ3) is 3.35. The van der Waals surface area contributed by atoms with Crippen LogP contribution < -0.4 is 5.32 Å². The molecule has 1 N–H and O–H groups in total. The van der Waals surface area contributed by atoms with Gasteiger partial charge in [0.05, 0.1) is 5.25 Å². The molecule has 1 aliphatic heterocycles. The molecule has 0 unspecified atom stereocenters. The first-order valence-electron chi connectivity index (χ1n) is 7.53. The largest absolute Gasteiger partial charge is 0.351 e. The molecule has 2 fully saturated rings. The molecule has 21 heavy (non-hydrogen) atoms. The molecule has 3 rings (SSSR count). The fourth-order valence-corrected chi connectivity index (χ4v) is 4.68. The molecule has 1 aromatic rings. The molecule has 0 amide bonds.